The van der Waals surface area contributed by atoms with Crippen molar-refractivity contribution in [1.29, 1.82) is 0 Å². The molecular weight excluding hydrogens is 426 g/mol. The van der Waals surface area contributed by atoms with E-state index < -0.39 is 0 Å². The standard InChI is InChI=1S/C19H24BrN5O3/c1-11(2)16-15(20)17(25-24-16)18(26)22-12-5-7-13(8-6-12)23-19(27)21-10-14-4-3-9-28-14/h3-9,11,15-17,24-25H,10H2,1-2H3,(H,22,26)(H2,21,23,27). The third kappa shape index (κ3) is 5.12. The summed E-state index contributed by atoms with van der Waals surface area (Å²) in [5, 5.41) is 8.32. The molecule has 3 amide bonds. The Labute approximate surface area is 171 Å². The number of alkyl halides is 1. The summed E-state index contributed by atoms with van der Waals surface area (Å²) in [7, 11) is 0. The fourth-order valence-corrected chi connectivity index (χ4v) is 4.02. The van der Waals surface area contributed by atoms with Crippen LogP contribution in [0.25, 0.3) is 0 Å². The third-order valence-electron chi connectivity index (χ3n) is 4.48. The van der Waals surface area contributed by atoms with Crippen molar-refractivity contribution < 1.29 is 14.0 Å². The van der Waals surface area contributed by atoms with E-state index in [2.05, 4.69) is 56.6 Å². The van der Waals surface area contributed by atoms with E-state index in [-0.39, 0.29) is 28.8 Å². The van der Waals surface area contributed by atoms with Crippen LogP contribution in [0.5, 0.6) is 0 Å². The van der Waals surface area contributed by atoms with Gasteiger partial charge in [0.1, 0.15) is 11.8 Å². The molecule has 0 bridgehead atoms. The van der Waals surface area contributed by atoms with Crippen LogP contribution in [0, 0.1) is 5.92 Å². The van der Waals surface area contributed by atoms with Gasteiger partial charge in [0.25, 0.3) is 0 Å². The summed E-state index contributed by atoms with van der Waals surface area (Å²) in [6.07, 6.45) is 1.56. The van der Waals surface area contributed by atoms with Gasteiger partial charge in [-0.05, 0) is 42.3 Å². The zero-order valence-electron chi connectivity index (χ0n) is 15.7. The lowest BCUT2D eigenvalue weighted by molar-refractivity contribution is -0.117. The number of nitrogens with one attached hydrogen (secondary N) is 5. The number of hydrogen-bond donors (Lipinski definition) is 5. The van der Waals surface area contributed by atoms with Gasteiger partial charge < -0.3 is 20.4 Å². The van der Waals surface area contributed by atoms with Crippen LogP contribution in [-0.2, 0) is 11.3 Å². The Morgan fingerprint density at radius 3 is 2.36 bits per heavy atom. The van der Waals surface area contributed by atoms with E-state index in [4.69, 9.17) is 4.42 Å². The van der Waals surface area contributed by atoms with Crippen molar-refractivity contribution in [2.24, 2.45) is 5.92 Å². The number of urea groups is 1. The summed E-state index contributed by atoms with van der Waals surface area (Å²) < 4.78 is 5.16. The second-order valence-electron chi connectivity index (χ2n) is 6.93. The smallest absolute Gasteiger partial charge is 0.319 e. The van der Waals surface area contributed by atoms with Crippen LogP contribution in [0.2, 0.25) is 0 Å². The molecule has 1 aliphatic rings. The largest absolute Gasteiger partial charge is 0.467 e. The predicted molar refractivity (Wildman–Crippen MR) is 111 cm³/mol. The van der Waals surface area contributed by atoms with E-state index in [0.29, 0.717) is 29.6 Å². The molecule has 8 nitrogen and oxygen atoms in total. The number of carbonyl (C=O) groups excluding carboxylic acids is 2. The number of halogens is 1. The predicted octanol–water partition coefficient (Wildman–Crippen LogP) is 2.80. The molecule has 0 radical (unpaired) electrons. The zero-order chi connectivity index (χ0) is 20.1. The van der Waals surface area contributed by atoms with Gasteiger partial charge in [0.2, 0.25) is 5.91 Å². The Bertz CT molecular complexity index is 794. The number of furan rings is 1. The van der Waals surface area contributed by atoms with E-state index in [1.54, 1.807) is 42.7 Å². The van der Waals surface area contributed by atoms with Crippen molar-refractivity contribution in [3.8, 4) is 0 Å². The first-order valence-corrected chi connectivity index (χ1v) is 9.99. The molecule has 1 fully saturated rings. The summed E-state index contributed by atoms with van der Waals surface area (Å²) in [5.74, 6) is 0.932. The van der Waals surface area contributed by atoms with E-state index in [1.807, 2.05) is 0 Å². The van der Waals surface area contributed by atoms with Crippen molar-refractivity contribution in [2.45, 2.75) is 37.3 Å². The van der Waals surface area contributed by atoms with Gasteiger partial charge in [-0.3, -0.25) is 10.2 Å². The van der Waals surface area contributed by atoms with Crippen LogP contribution in [-0.4, -0.2) is 28.8 Å². The van der Waals surface area contributed by atoms with Crippen molar-refractivity contribution in [3.63, 3.8) is 0 Å². The number of carbonyl (C=O) groups is 2. The minimum atomic E-state index is -0.377. The van der Waals surface area contributed by atoms with E-state index in [1.165, 1.54) is 0 Å². The number of hydrogen-bond acceptors (Lipinski definition) is 5. The molecule has 1 saturated heterocycles. The van der Waals surface area contributed by atoms with Crippen molar-refractivity contribution in [2.75, 3.05) is 10.6 Å². The topological polar surface area (TPSA) is 107 Å². The molecule has 0 saturated carbocycles. The third-order valence-corrected chi connectivity index (χ3v) is 5.58. The van der Waals surface area contributed by atoms with Crippen LogP contribution in [0.15, 0.2) is 47.1 Å². The van der Waals surface area contributed by atoms with Gasteiger partial charge in [-0.1, -0.05) is 29.8 Å². The van der Waals surface area contributed by atoms with Crippen molar-refractivity contribution in [3.05, 3.63) is 48.4 Å². The van der Waals surface area contributed by atoms with Crippen LogP contribution in [0.4, 0.5) is 16.2 Å². The Balaban J connectivity index is 1.49. The fourth-order valence-electron chi connectivity index (χ4n) is 2.91. The van der Waals surface area contributed by atoms with Gasteiger partial charge in [-0.15, -0.1) is 0 Å². The lowest BCUT2D eigenvalue weighted by atomic mass is 9.99. The lowest BCUT2D eigenvalue weighted by Gasteiger charge is -2.19. The zero-order valence-corrected chi connectivity index (χ0v) is 17.2. The van der Waals surface area contributed by atoms with E-state index in [0.717, 1.165) is 0 Å². The molecule has 1 aliphatic heterocycles. The van der Waals surface area contributed by atoms with Crippen LogP contribution in [0.3, 0.4) is 0 Å². The first-order chi connectivity index (χ1) is 13.4. The molecule has 3 rings (SSSR count). The van der Waals surface area contributed by atoms with E-state index in [9.17, 15) is 9.59 Å². The minimum Gasteiger partial charge on any atom is -0.467 e. The van der Waals surface area contributed by atoms with Crippen LogP contribution in [0.1, 0.15) is 19.6 Å². The molecule has 150 valence electrons. The molecule has 0 aliphatic carbocycles. The van der Waals surface area contributed by atoms with E-state index >= 15 is 0 Å². The molecule has 28 heavy (non-hydrogen) atoms. The Hall–Kier alpha value is -2.36. The number of rotatable bonds is 6. The molecule has 1 aromatic heterocycles. The summed E-state index contributed by atoms with van der Waals surface area (Å²) in [5.41, 5.74) is 7.47. The summed E-state index contributed by atoms with van der Waals surface area (Å²) in [6, 6.07) is 9.94. The second kappa shape index (κ2) is 9.22. The highest BCUT2D eigenvalue weighted by molar-refractivity contribution is 9.09. The number of amides is 3. The highest BCUT2D eigenvalue weighted by atomic mass is 79.9. The van der Waals surface area contributed by atoms with Gasteiger partial charge in [0, 0.05) is 17.4 Å². The monoisotopic (exact) mass is 449 g/mol. The van der Waals surface area contributed by atoms with Gasteiger partial charge >= 0.3 is 6.03 Å². The molecule has 3 atom stereocenters. The second-order valence-corrected chi connectivity index (χ2v) is 7.99. The summed E-state index contributed by atoms with van der Waals surface area (Å²) in [4.78, 5) is 24.4. The van der Waals surface area contributed by atoms with Gasteiger partial charge in [-0.25, -0.2) is 10.2 Å². The molecule has 3 unspecified atom stereocenters. The first-order valence-electron chi connectivity index (χ1n) is 9.07. The summed E-state index contributed by atoms with van der Waals surface area (Å²) in [6.45, 7) is 4.51. The van der Waals surface area contributed by atoms with Crippen LogP contribution < -0.4 is 26.8 Å². The normalized spacial score (nSPS) is 21.5. The first kappa shape index (κ1) is 20.4. The molecule has 9 heteroatoms. The highest BCUT2D eigenvalue weighted by Gasteiger charge is 2.39. The number of anilines is 2. The summed E-state index contributed by atoms with van der Waals surface area (Å²) >= 11 is 3.61. The highest BCUT2D eigenvalue weighted by Crippen LogP contribution is 2.23. The Morgan fingerprint density at radius 2 is 1.79 bits per heavy atom. The minimum absolute atomic E-state index is 0.00806. The molecule has 0 spiro atoms. The Kier molecular flexibility index (Phi) is 6.71. The Morgan fingerprint density at radius 1 is 1.11 bits per heavy atom. The van der Waals surface area contributed by atoms with Crippen molar-refractivity contribution in [1.82, 2.24) is 16.2 Å². The molecule has 5 N–H and O–H groups in total. The van der Waals surface area contributed by atoms with Gasteiger partial charge in [0.05, 0.1) is 17.6 Å². The lowest BCUT2D eigenvalue weighted by Crippen LogP contribution is -2.42. The molecular formula is C19H24BrN5O3. The SMILES string of the molecule is CC(C)C1NNC(C(=O)Nc2ccc(NC(=O)NCc3ccco3)cc2)C1Br. The maximum atomic E-state index is 12.5. The molecule has 2 heterocycles. The number of hydrazine groups is 1. The average molecular weight is 450 g/mol. The fraction of sp³-hybridized carbons (Fsp3) is 0.368. The molecule has 1 aromatic carbocycles. The van der Waals surface area contributed by atoms with Crippen molar-refractivity contribution >= 4 is 39.2 Å². The van der Waals surface area contributed by atoms with Crippen LogP contribution >= 0.6 is 15.9 Å². The average Bonchev–Trinajstić information content (AvgIpc) is 3.31. The maximum absolute atomic E-state index is 12.5. The number of benzene rings is 1. The quantitative estimate of drug-likeness (QED) is 0.435. The maximum Gasteiger partial charge on any atom is 0.319 e. The van der Waals surface area contributed by atoms with Gasteiger partial charge in [0.15, 0.2) is 0 Å². The molecule has 2 aromatic rings. The van der Waals surface area contributed by atoms with Gasteiger partial charge in [-0.2, -0.15) is 0 Å².